The molecular formula is C17H21NO2. The Balaban J connectivity index is 1.78. The standard InChI is InChI=1S/C17H21NO2/c1-2-20-16-10-8-14(9-11-16)12-18-13-17(19)15-6-4-3-5-7-15/h3-11,17-19H,2,12-13H2,1H3. The molecule has 3 heteroatoms. The van der Waals surface area contributed by atoms with Gasteiger partial charge in [-0.05, 0) is 30.2 Å². The number of aliphatic hydroxyl groups is 1. The Hall–Kier alpha value is -1.84. The first kappa shape index (κ1) is 14.6. The summed E-state index contributed by atoms with van der Waals surface area (Å²) in [7, 11) is 0. The highest BCUT2D eigenvalue weighted by Crippen LogP contribution is 2.13. The maximum atomic E-state index is 10.0. The van der Waals surface area contributed by atoms with Crippen molar-refractivity contribution in [1.29, 1.82) is 0 Å². The molecule has 0 radical (unpaired) electrons. The molecule has 2 rings (SSSR count). The maximum absolute atomic E-state index is 10.0. The lowest BCUT2D eigenvalue weighted by Crippen LogP contribution is -2.20. The average Bonchev–Trinajstić information content (AvgIpc) is 2.50. The molecule has 106 valence electrons. The molecule has 0 heterocycles. The van der Waals surface area contributed by atoms with Gasteiger partial charge in [0.2, 0.25) is 0 Å². The lowest BCUT2D eigenvalue weighted by atomic mass is 10.1. The van der Waals surface area contributed by atoms with Crippen molar-refractivity contribution in [3.8, 4) is 5.75 Å². The van der Waals surface area contributed by atoms with Crippen LogP contribution in [0, 0.1) is 0 Å². The molecule has 0 saturated heterocycles. The second-order valence-electron chi connectivity index (χ2n) is 4.63. The number of hydrogen-bond acceptors (Lipinski definition) is 3. The summed E-state index contributed by atoms with van der Waals surface area (Å²) in [5.74, 6) is 0.889. The van der Waals surface area contributed by atoms with Crippen LogP contribution in [0.5, 0.6) is 5.75 Å². The lowest BCUT2D eigenvalue weighted by molar-refractivity contribution is 0.174. The zero-order valence-electron chi connectivity index (χ0n) is 11.8. The van der Waals surface area contributed by atoms with Crippen molar-refractivity contribution in [3.63, 3.8) is 0 Å². The number of nitrogens with one attached hydrogen (secondary N) is 1. The summed E-state index contributed by atoms with van der Waals surface area (Å²) in [6, 6.07) is 17.7. The highest BCUT2D eigenvalue weighted by molar-refractivity contribution is 5.27. The molecule has 0 amide bonds. The highest BCUT2D eigenvalue weighted by Gasteiger charge is 2.05. The first-order chi connectivity index (χ1) is 9.79. The largest absolute Gasteiger partial charge is 0.494 e. The van der Waals surface area contributed by atoms with E-state index in [1.165, 1.54) is 5.56 Å². The fourth-order valence-corrected chi connectivity index (χ4v) is 2.02. The molecule has 0 aromatic heterocycles. The van der Waals surface area contributed by atoms with Crippen LogP contribution in [-0.2, 0) is 6.54 Å². The highest BCUT2D eigenvalue weighted by atomic mass is 16.5. The number of hydrogen-bond donors (Lipinski definition) is 2. The number of rotatable bonds is 7. The molecule has 0 aliphatic carbocycles. The van der Waals surface area contributed by atoms with Gasteiger partial charge in [-0.25, -0.2) is 0 Å². The first-order valence-electron chi connectivity index (χ1n) is 6.95. The Bertz CT molecular complexity index is 496. The number of ether oxygens (including phenoxy) is 1. The van der Waals surface area contributed by atoms with Crippen LogP contribution in [0.25, 0.3) is 0 Å². The van der Waals surface area contributed by atoms with E-state index in [1.54, 1.807) is 0 Å². The van der Waals surface area contributed by atoms with E-state index in [0.29, 0.717) is 13.2 Å². The molecule has 0 saturated carbocycles. The van der Waals surface area contributed by atoms with E-state index in [0.717, 1.165) is 17.9 Å². The van der Waals surface area contributed by atoms with Crippen LogP contribution < -0.4 is 10.1 Å². The van der Waals surface area contributed by atoms with Crippen LogP contribution in [-0.4, -0.2) is 18.3 Å². The van der Waals surface area contributed by atoms with Crippen molar-refractivity contribution in [2.24, 2.45) is 0 Å². The van der Waals surface area contributed by atoms with Gasteiger partial charge in [-0.3, -0.25) is 0 Å². The molecule has 0 aliphatic rings. The summed E-state index contributed by atoms with van der Waals surface area (Å²) in [6.07, 6.45) is -0.473. The minimum Gasteiger partial charge on any atom is -0.494 e. The van der Waals surface area contributed by atoms with E-state index in [4.69, 9.17) is 4.74 Å². The summed E-state index contributed by atoms with van der Waals surface area (Å²) < 4.78 is 5.40. The van der Waals surface area contributed by atoms with Crippen molar-refractivity contribution in [1.82, 2.24) is 5.32 Å². The Labute approximate surface area is 120 Å². The third kappa shape index (κ3) is 4.37. The molecule has 0 fully saturated rings. The van der Waals surface area contributed by atoms with E-state index >= 15 is 0 Å². The van der Waals surface area contributed by atoms with Crippen LogP contribution >= 0.6 is 0 Å². The molecular weight excluding hydrogens is 250 g/mol. The Morgan fingerprint density at radius 1 is 1.05 bits per heavy atom. The zero-order valence-corrected chi connectivity index (χ0v) is 11.8. The third-order valence-electron chi connectivity index (χ3n) is 3.09. The van der Waals surface area contributed by atoms with Crippen LogP contribution in [0.2, 0.25) is 0 Å². The third-order valence-corrected chi connectivity index (χ3v) is 3.09. The predicted molar refractivity (Wildman–Crippen MR) is 80.7 cm³/mol. The van der Waals surface area contributed by atoms with Crippen LogP contribution in [0.4, 0.5) is 0 Å². The maximum Gasteiger partial charge on any atom is 0.119 e. The topological polar surface area (TPSA) is 41.5 Å². The summed E-state index contributed by atoms with van der Waals surface area (Å²) in [6.45, 7) is 3.93. The van der Waals surface area contributed by atoms with Gasteiger partial charge < -0.3 is 15.2 Å². The normalized spacial score (nSPS) is 12.1. The molecule has 2 N–H and O–H groups in total. The summed E-state index contributed by atoms with van der Waals surface area (Å²) in [5.41, 5.74) is 2.11. The first-order valence-corrected chi connectivity index (χ1v) is 6.95. The Kier molecular flexibility index (Phi) is 5.59. The smallest absolute Gasteiger partial charge is 0.119 e. The van der Waals surface area contributed by atoms with Crippen LogP contribution in [0.15, 0.2) is 54.6 Å². The SMILES string of the molecule is CCOc1ccc(CNCC(O)c2ccccc2)cc1. The minimum absolute atomic E-state index is 0.473. The molecule has 1 unspecified atom stereocenters. The van der Waals surface area contributed by atoms with Gasteiger partial charge in [0.05, 0.1) is 12.7 Å². The van der Waals surface area contributed by atoms with Gasteiger partial charge in [0.15, 0.2) is 0 Å². The fourth-order valence-electron chi connectivity index (χ4n) is 2.02. The van der Waals surface area contributed by atoms with Crippen molar-refractivity contribution >= 4 is 0 Å². The van der Waals surface area contributed by atoms with E-state index < -0.39 is 6.10 Å². The second kappa shape index (κ2) is 7.68. The average molecular weight is 271 g/mol. The molecule has 0 bridgehead atoms. The van der Waals surface area contributed by atoms with Crippen molar-refractivity contribution in [3.05, 3.63) is 65.7 Å². The van der Waals surface area contributed by atoms with Gasteiger partial charge in [-0.2, -0.15) is 0 Å². The van der Waals surface area contributed by atoms with Crippen molar-refractivity contribution < 1.29 is 9.84 Å². The summed E-state index contributed by atoms with van der Waals surface area (Å²) in [5, 5.41) is 13.3. The lowest BCUT2D eigenvalue weighted by Gasteiger charge is -2.12. The van der Waals surface area contributed by atoms with Crippen molar-refractivity contribution in [2.45, 2.75) is 19.6 Å². The van der Waals surface area contributed by atoms with Gasteiger partial charge in [0.1, 0.15) is 5.75 Å². The van der Waals surface area contributed by atoms with E-state index in [2.05, 4.69) is 5.32 Å². The summed E-state index contributed by atoms with van der Waals surface area (Å²) in [4.78, 5) is 0. The van der Waals surface area contributed by atoms with Gasteiger partial charge in [0, 0.05) is 13.1 Å². The molecule has 0 aliphatic heterocycles. The van der Waals surface area contributed by atoms with Crippen molar-refractivity contribution in [2.75, 3.05) is 13.2 Å². The van der Waals surface area contributed by atoms with Crippen LogP contribution in [0.3, 0.4) is 0 Å². The molecule has 1 atom stereocenters. The van der Waals surface area contributed by atoms with E-state index in [-0.39, 0.29) is 0 Å². The Morgan fingerprint density at radius 3 is 2.40 bits per heavy atom. The zero-order chi connectivity index (χ0) is 14.2. The van der Waals surface area contributed by atoms with Gasteiger partial charge in [0.25, 0.3) is 0 Å². The van der Waals surface area contributed by atoms with Gasteiger partial charge in [-0.15, -0.1) is 0 Å². The second-order valence-corrected chi connectivity index (χ2v) is 4.63. The quantitative estimate of drug-likeness (QED) is 0.813. The number of benzene rings is 2. The number of aliphatic hydroxyl groups excluding tert-OH is 1. The molecule has 20 heavy (non-hydrogen) atoms. The predicted octanol–water partition coefficient (Wildman–Crippen LogP) is 2.91. The molecule has 3 nitrogen and oxygen atoms in total. The minimum atomic E-state index is -0.473. The molecule has 2 aromatic carbocycles. The van der Waals surface area contributed by atoms with E-state index in [1.807, 2.05) is 61.5 Å². The fraction of sp³-hybridized carbons (Fsp3) is 0.294. The summed E-state index contributed by atoms with van der Waals surface area (Å²) >= 11 is 0. The van der Waals surface area contributed by atoms with E-state index in [9.17, 15) is 5.11 Å². The Morgan fingerprint density at radius 2 is 1.75 bits per heavy atom. The van der Waals surface area contributed by atoms with Crippen LogP contribution in [0.1, 0.15) is 24.2 Å². The molecule has 0 spiro atoms. The van der Waals surface area contributed by atoms with Gasteiger partial charge in [-0.1, -0.05) is 42.5 Å². The molecule has 2 aromatic rings. The monoisotopic (exact) mass is 271 g/mol. The van der Waals surface area contributed by atoms with Gasteiger partial charge >= 0.3 is 0 Å².